The highest BCUT2D eigenvalue weighted by Crippen LogP contribution is 2.54. The first-order chi connectivity index (χ1) is 11.2. The Kier molecular flexibility index (Phi) is 3.88. The lowest BCUT2D eigenvalue weighted by atomic mass is 9.67. The summed E-state index contributed by atoms with van der Waals surface area (Å²) in [6.45, 7) is 4.28. The van der Waals surface area contributed by atoms with Gasteiger partial charge in [0, 0.05) is 25.3 Å². The summed E-state index contributed by atoms with van der Waals surface area (Å²) < 4.78 is 5.07. The summed E-state index contributed by atoms with van der Waals surface area (Å²) in [5.41, 5.74) is 3.67. The van der Waals surface area contributed by atoms with E-state index in [1.54, 1.807) is 6.20 Å². The fourth-order valence-electron chi connectivity index (χ4n) is 4.69. The normalized spacial score (nSPS) is 25.9. The molecule has 2 heterocycles. The second-order valence-corrected chi connectivity index (χ2v) is 7.52. The van der Waals surface area contributed by atoms with E-state index in [9.17, 15) is 4.79 Å². The van der Waals surface area contributed by atoms with Crippen molar-refractivity contribution >= 4 is 5.97 Å². The van der Waals surface area contributed by atoms with Crippen molar-refractivity contribution in [2.45, 2.75) is 64.5 Å². The van der Waals surface area contributed by atoms with Gasteiger partial charge in [0.25, 0.3) is 0 Å². The van der Waals surface area contributed by atoms with Crippen LogP contribution in [-0.2, 0) is 17.7 Å². The molecule has 1 spiro atoms. The van der Waals surface area contributed by atoms with E-state index in [2.05, 4.69) is 9.88 Å². The maximum atomic E-state index is 11.8. The molecule has 1 unspecified atom stereocenters. The summed E-state index contributed by atoms with van der Waals surface area (Å²) in [5, 5.41) is 0. The Hall–Kier alpha value is -1.42. The van der Waals surface area contributed by atoms with Gasteiger partial charge in [0.05, 0.1) is 17.9 Å². The number of aromatic nitrogens is 1. The van der Waals surface area contributed by atoms with E-state index in [-0.39, 0.29) is 5.97 Å². The van der Waals surface area contributed by atoms with E-state index in [1.165, 1.54) is 44.1 Å². The Labute approximate surface area is 138 Å². The number of carbonyl (C=O) groups excluding carboxylic acids is 1. The molecule has 4 heteroatoms. The molecule has 1 aromatic heterocycles. The molecule has 0 radical (unpaired) electrons. The Morgan fingerprint density at radius 1 is 1.43 bits per heavy atom. The summed E-state index contributed by atoms with van der Waals surface area (Å²) in [5.74, 6) is -0.257. The molecule has 1 aromatic rings. The predicted octanol–water partition coefficient (Wildman–Crippen LogP) is 3.34. The fraction of sp³-hybridized carbons (Fsp3) is 0.684. The number of rotatable bonds is 3. The summed E-state index contributed by atoms with van der Waals surface area (Å²) in [6, 6.07) is 2.73. The van der Waals surface area contributed by atoms with Gasteiger partial charge in [0.2, 0.25) is 0 Å². The Morgan fingerprint density at radius 3 is 3.00 bits per heavy atom. The SMILES string of the molecule is CCOC(=O)c1cnc2c(c1)CCN(C1CCC3(CCC3)C1)C2. The van der Waals surface area contributed by atoms with Crippen LogP contribution in [0.3, 0.4) is 0 Å². The summed E-state index contributed by atoms with van der Waals surface area (Å²) in [4.78, 5) is 19.0. The highest BCUT2D eigenvalue weighted by Gasteiger charge is 2.45. The van der Waals surface area contributed by atoms with Crippen molar-refractivity contribution in [1.82, 2.24) is 9.88 Å². The van der Waals surface area contributed by atoms with Gasteiger partial charge in [-0.05, 0) is 62.5 Å². The first kappa shape index (κ1) is 15.1. The van der Waals surface area contributed by atoms with Crippen molar-refractivity contribution in [2.75, 3.05) is 13.2 Å². The van der Waals surface area contributed by atoms with Crippen molar-refractivity contribution in [3.05, 3.63) is 29.1 Å². The van der Waals surface area contributed by atoms with Crippen molar-refractivity contribution in [3.63, 3.8) is 0 Å². The van der Waals surface area contributed by atoms with Gasteiger partial charge in [-0.3, -0.25) is 9.88 Å². The zero-order valence-electron chi connectivity index (χ0n) is 14.0. The van der Waals surface area contributed by atoms with Crippen LogP contribution in [0, 0.1) is 5.41 Å². The van der Waals surface area contributed by atoms with Gasteiger partial charge < -0.3 is 4.74 Å². The molecule has 0 bridgehead atoms. The quantitative estimate of drug-likeness (QED) is 0.803. The third-order valence-electron chi connectivity index (χ3n) is 6.20. The van der Waals surface area contributed by atoms with Gasteiger partial charge >= 0.3 is 5.97 Å². The van der Waals surface area contributed by atoms with Gasteiger partial charge in [-0.25, -0.2) is 4.79 Å². The average molecular weight is 314 g/mol. The average Bonchev–Trinajstić information content (AvgIpc) is 3.00. The molecule has 0 aromatic carbocycles. The molecule has 23 heavy (non-hydrogen) atoms. The van der Waals surface area contributed by atoms with Crippen LogP contribution >= 0.6 is 0 Å². The van der Waals surface area contributed by atoms with Crippen LogP contribution in [0.1, 0.15) is 67.1 Å². The number of fused-ring (bicyclic) bond motifs is 1. The van der Waals surface area contributed by atoms with Crippen LogP contribution in [0.25, 0.3) is 0 Å². The number of hydrogen-bond donors (Lipinski definition) is 0. The van der Waals surface area contributed by atoms with Crippen molar-refractivity contribution < 1.29 is 9.53 Å². The minimum atomic E-state index is -0.257. The number of pyridine rings is 1. The molecule has 0 saturated heterocycles. The third-order valence-corrected chi connectivity index (χ3v) is 6.20. The monoisotopic (exact) mass is 314 g/mol. The topological polar surface area (TPSA) is 42.4 Å². The maximum absolute atomic E-state index is 11.8. The molecule has 3 aliphatic rings. The van der Waals surface area contributed by atoms with Gasteiger partial charge in [0.1, 0.15) is 0 Å². The number of carbonyl (C=O) groups is 1. The standard InChI is InChI=1S/C19H26N2O2/c1-2-23-18(22)15-10-14-5-9-21(13-17(14)20-12-15)16-4-8-19(11-16)6-3-7-19/h10,12,16H,2-9,11,13H2,1H3. The van der Waals surface area contributed by atoms with Crippen LogP contribution in [0.2, 0.25) is 0 Å². The molecule has 4 nitrogen and oxygen atoms in total. The minimum absolute atomic E-state index is 0.257. The second kappa shape index (κ2) is 5.90. The van der Waals surface area contributed by atoms with Crippen molar-refractivity contribution in [3.8, 4) is 0 Å². The Bertz CT molecular complexity index is 609. The number of esters is 1. The molecule has 4 rings (SSSR count). The smallest absolute Gasteiger partial charge is 0.339 e. The van der Waals surface area contributed by atoms with Crippen LogP contribution in [0.15, 0.2) is 12.3 Å². The van der Waals surface area contributed by atoms with Crippen LogP contribution in [0.5, 0.6) is 0 Å². The third kappa shape index (κ3) is 2.78. The first-order valence-corrected chi connectivity index (χ1v) is 9.08. The lowest BCUT2D eigenvalue weighted by molar-refractivity contribution is 0.0525. The van der Waals surface area contributed by atoms with E-state index < -0.39 is 0 Å². The van der Waals surface area contributed by atoms with Gasteiger partial charge in [-0.2, -0.15) is 0 Å². The van der Waals surface area contributed by atoms with Crippen molar-refractivity contribution in [2.24, 2.45) is 5.41 Å². The molecular formula is C19H26N2O2. The van der Waals surface area contributed by atoms with Crippen LogP contribution in [0.4, 0.5) is 0 Å². The lowest BCUT2D eigenvalue weighted by Gasteiger charge is -2.40. The summed E-state index contributed by atoms with van der Waals surface area (Å²) in [7, 11) is 0. The zero-order chi connectivity index (χ0) is 15.9. The van der Waals surface area contributed by atoms with Crippen LogP contribution < -0.4 is 0 Å². The summed E-state index contributed by atoms with van der Waals surface area (Å²) in [6.07, 6.45) is 11.2. The van der Waals surface area contributed by atoms with E-state index in [0.29, 0.717) is 17.6 Å². The Morgan fingerprint density at radius 2 is 2.30 bits per heavy atom. The molecule has 124 valence electrons. The number of ether oxygens (including phenoxy) is 1. The first-order valence-electron chi connectivity index (χ1n) is 9.08. The largest absolute Gasteiger partial charge is 0.462 e. The second-order valence-electron chi connectivity index (χ2n) is 7.52. The Balaban J connectivity index is 1.44. The van der Waals surface area contributed by atoms with E-state index in [1.807, 2.05) is 13.0 Å². The van der Waals surface area contributed by atoms with Gasteiger partial charge in [-0.1, -0.05) is 6.42 Å². The number of hydrogen-bond acceptors (Lipinski definition) is 4. The molecule has 1 aliphatic heterocycles. The highest BCUT2D eigenvalue weighted by atomic mass is 16.5. The van der Waals surface area contributed by atoms with E-state index in [0.717, 1.165) is 31.2 Å². The predicted molar refractivity (Wildman–Crippen MR) is 88.2 cm³/mol. The van der Waals surface area contributed by atoms with Crippen molar-refractivity contribution in [1.29, 1.82) is 0 Å². The van der Waals surface area contributed by atoms with Crippen LogP contribution in [-0.4, -0.2) is 35.0 Å². The molecule has 2 saturated carbocycles. The van der Waals surface area contributed by atoms with E-state index >= 15 is 0 Å². The van der Waals surface area contributed by atoms with Gasteiger partial charge in [0.15, 0.2) is 0 Å². The molecule has 0 amide bonds. The fourth-order valence-corrected chi connectivity index (χ4v) is 4.69. The highest BCUT2D eigenvalue weighted by molar-refractivity contribution is 5.89. The van der Waals surface area contributed by atoms with E-state index in [4.69, 9.17) is 4.74 Å². The maximum Gasteiger partial charge on any atom is 0.339 e. The van der Waals surface area contributed by atoms with Gasteiger partial charge in [-0.15, -0.1) is 0 Å². The number of nitrogens with zero attached hydrogens (tertiary/aromatic N) is 2. The molecular weight excluding hydrogens is 288 g/mol. The molecule has 2 aliphatic carbocycles. The molecule has 2 fully saturated rings. The zero-order valence-corrected chi connectivity index (χ0v) is 14.0. The summed E-state index contributed by atoms with van der Waals surface area (Å²) >= 11 is 0. The molecule has 1 atom stereocenters. The molecule has 0 N–H and O–H groups in total. The minimum Gasteiger partial charge on any atom is -0.462 e. The lowest BCUT2D eigenvalue weighted by Crippen LogP contribution is -2.39.